The third-order valence-corrected chi connectivity index (χ3v) is 8.96. The zero-order chi connectivity index (χ0) is 29.2. The van der Waals surface area contributed by atoms with Gasteiger partial charge in [0.2, 0.25) is 0 Å². The molecule has 0 spiro atoms. The molecule has 0 saturated heterocycles. The number of aliphatic hydroxyl groups excluding tert-OH is 1. The normalized spacial score (nSPS) is 10.4. The second-order valence-corrected chi connectivity index (χ2v) is 12.1. The lowest BCUT2D eigenvalue weighted by Crippen LogP contribution is -2.02. The molecular formula is C29H22Cl4I2O5. The molecular weight excluding hydrogens is 824 g/mol. The molecule has 210 valence electrons. The molecule has 4 rings (SSSR count). The van der Waals surface area contributed by atoms with Crippen LogP contribution in [-0.2, 0) is 24.6 Å². The van der Waals surface area contributed by atoms with Crippen molar-refractivity contribution in [1.82, 2.24) is 0 Å². The highest BCUT2D eigenvalue weighted by Gasteiger charge is 2.09. The summed E-state index contributed by atoms with van der Waals surface area (Å²) in [4.78, 5) is 11.3. The van der Waals surface area contributed by atoms with E-state index >= 15 is 0 Å². The Morgan fingerprint density at radius 2 is 1.07 bits per heavy atom. The van der Waals surface area contributed by atoms with Gasteiger partial charge in [-0.1, -0.05) is 82.8 Å². The van der Waals surface area contributed by atoms with Crippen molar-refractivity contribution >= 4 is 97.6 Å². The summed E-state index contributed by atoms with van der Waals surface area (Å²) >= 11 is 28.3. The first kappa shape index (κ1) is 33.0. The predicted molar refractivity (Wildman–Crippen MR) is 177 cm³/mol. The van der Waals surface area contributed by atoms with Gasteiger partial charge in [-0.05, 0) is 98.3 Å². The van der Waals surface area contributed by atoms with Crippen LogP contribution in [0.1, 0.15) is 27.0 Å². The van der Waals surface area contributed by atoms with E-state index in [9.17, 15) is 4.79 Å². The Bertz CT molecular complexity index is 1450. The summed E-state index contributed by atoms with van der Waals surface area (Å²) in [5, 5.41) is 11.1. The second kappa shape index (κ2) is 16.2. The van der Waals surface area contributed by atoms with Crippen molar-refractivity contribution in [1.29, 1.82) is 0 Å². The summed E-state index contributed by atoms with van der Waals surface area (Å²) in [6.07, 6.45) is 0. The van der Waals surface area contributed by atoms with Crippen molar-refractivity contribution in [3.8, 4) is 11.5 Å². The molecule has 0 aliphatic carbocycles. The number of hydrogen-bond donors (Lipinski definition) is 1. The van der Waals surface area contributed by atoms with Gasteiger partial charge in [0.05, 0.1) is 39.4 Å². The Labute approximate surface area is 279 Å². The summed E-state index contributed by atoms with van der Waals surface area (Å²) in [7, 11) is 1.35. The fraction of sp³-hybridized carbons (Fsp3) is 0.138. The molecule has 0 unspecified atom stereocenters. The Morgan fingerprint density at radius 1 is 0.675 bits per heavy atom. The number of methoxy groups -OCH3 is 1. The largest absolute Gasteiger partial charge is 0.487 e. The van der Waals surface area contributed by atoms with Crippen LogP contribution in [0.3, 0.4) is 0 Å². The zero-order valence-electron chi connectivity index (χ0n) is 20.9. The molecule has 0 fully saturated rings. The highest BCUT2D eigenvalue weighted by molar-refractivity contribution is 14.1. The van der Waals surface area contributed by atoms with E-state index in [1.54, 1.807) is 42.5 Å². The maximum atomic E-state index is 11.3. The van der Waals surface area contributed by atoms with Crippen molar-refractivity contribution in [2.24, 2.45) is 0 Å². The van der Waals surface area contributed by atoms with Gasteiger partial charge >= 0.3 is 5.97 Å². The number of ether oxygens (including phenoxy) is 3. The average Bonchev–Trinajstić information content (AvgIpc) is 2.96. The standard InChI is InChI=1S/C15H11Cl2IO3.C14H11Cl2IO2/c1-20-15(19)10-4-2-9(3-5-10)8-21-14-7-13(18)11(16)6-12(14)17;15-11-5-12(16)14(6-13(11)17)19-8-10-3-1-9(7-18)2-4-10/h2-7H,8H2,1H3;1-6,18H,7-8H2. The van der Waals surface area contributed by atoms with Crippen LogP contribution < -0.4 is 9.47 Å². The zero-order valence-corrected chi connectivity index (χ0v) is 28.2. The second-order valence-electron chi connectivity index (χ2n) is 8.13. The number of hydrogen-bond acceptors (Lipinski definition) is 5. The van der Waals surface area contributed by atoms with E-state index < -0.39 is 0 Å². The lowest BCUT2D eigenvalue weighted by molar-refractivity contribution is 0.0600. The fourth-order valence-corrected chi connectivity index (χ4v) is 4.90. The van der Waals surface area contributed by atoms with E-state index in [1.807, 2.05) is 30.3 Å². The van der Waals surface area contributed by atoms with Crippen molar-refractivity contribution in [2.75, 3.05) is 7.11 Å². The van der Waals surface area contributed by atoms with Crippen LogP contribution in [0.4, 0.5) is 0 Å². The summed E-state index contributed by atoms with van der Waals surface area (Å²) in [5.74, 6) is 0.821. The molecule has 0 saturated carbocycles. The van der Waals surface area contributed by atoms with E-state index in [1.165, 1.54) is 7.11 Å². The predicted octanol–water partition coefficient (Wildman–Crippen LogP) is 9.63. The molecule has 4 aromatic rings. The number of benzene rings is 4. The van der Waals surface area contributed by atoms with Crippen molar-refractivity contribution in [3.63, 3.8) is 0 Å². The van der Waals surface area contributed by atoms with Gasteiger partial charge < -0.3 is 19.3 Å². The van der Waals surface area contributed by atoms with Crippen LogP contribution in [0, 0.1) is 7.14 Å². The maximum Gasteiger partial charge on any atom is 0.337 e. The first-order valence-corrected chi connectivity index (χ1v) is 15.2. The Morgan fingerprint density at radius 3 is 1.48 bits per heavy atom. The first-order valence-electron chi connectivity index (χ1n) is 11.5. The number of aliphatic hydroxyl groups is 1. The van der Waals surface area contributed by atoms with Gasteiger partial charge in [0, 0.05) is 7.14 Å². The van der Waals surface area contributed by atoms with Gasteiger partial charge in [0.25, 0.3) is 0 Å². The fourth-order valence-electron chi connectivity index (χ4n) is 3.15. The van der Waals surface area contributed by atoms with Crippen LogP contribution in [0.25, 0.3) is 0 Å². The van der Waals surface area contributed by atoms with Gasteiger partial charge in [-0.15, -0.1) is 0 Å². The van der Waals surface area contributed by atoms with Crippen LogP contribution in [0.15, 0.2) is 72.8 Å². The van der Waals surface area contributed by atoms with Crippen molar-refractivity contribution in [3.05, 3.63) is 122 Å². The number of halogens is 6. The third kappa shape index (κ3) is 9.82. The smallest absolute Gasteiger partial charge is 0.337 e. The van der Waals surface area contributed by atoms with E-state index in [0.717, 1.165) is 23.8 Å². The summed E-state index contributed by atoms with van der Waals surface area (Å²) in [5.41, 5.74) is 3.31. The van der Waals surface area contributed by atoms with Crippen molar-refractivity contribution < 1.29 is 24.1 Å². The molecule has 40 heavy (non-hydrogen) atoms. The minimum Gasteiger partial charge on any atom is -0.487 e. The molecule has 5 nitrogen and oxygen atoms in total. The Hall–Kier alpha value is -1.47. The monoisotopic (exact) mass is 844 g/mol. The van der Waals surface area contributed by atoms with Crippen LogP contribution in [-0.4, -0.2) is 18.2 Å². The molecule has 0 bridgehead atoms. The van der Waals surface area contributed by atoms with E-state index in [2.05, 4.69) is 49.9 Å². The van der Waals surface area contributed by atoms with Crippen LogP contribution in [0.2, 0.25) is 20.1 Å². The molecule has 11 heteroatoms. The third-order valence-electron chi connectivity index (χ3n) is 5.32. The SMILES string of the molecule is COC(=O)c1ccc(COc2cc(I)c(Cl)cc2Cl)cc1.OCc1ccc(COc2cc(I)c(Cl)cc2Cl)cc1. The average molecular weight is 846 g/mol. The lowest BCUT2D eigenvalue weighted by atomic mass is 10.1. The topological polar surface area (TPSA) is 65.0 Å². The van der Waals surface area contributed by atoms with Gasteiger partial charge in [-0.2, -0.15) is 0 Å². The van der Waals surface area contributed by atoms with Crippen LogP contribution in [0.5, 0.6) is 11.5 Å². The number of rotatable bonds is 8. The quantitative estimate of drug-likeness (QED) is 0.109. The Balaban J connectivity index is 0.000000222. The molecule has 4 aromatic carbocycles. The van der Waals surface area contributed by atoms with Gasteiger partial charge in [-0.3, -0.25) is 0 Å². The number of esters is 1. The van der Waals surface area contributed by atoms with Crippen LogP contribution >= 0.6 is 91.6 Å². The summed E-state index contributed by atoms with van der Waals surface area (Å²) in [6, 6.07) is 21.5. The minimum atomic E-state index is -0.363. The van der Waals surface area contributed by atoms with Crippen molar-refractivity contribution in [2.45, 2.75) is 19.8 Å². The number of carbonyl (C=O) groups excluding carboxylic acids is 1. The highest BCUT2D eigenvalue weighted by Crippen LogP contribution is 2.33. The molecule has 0 radical (unpaired) electrons. The molecule has 0 atom stereocenters. The number of carbonyl (C=O) groups is 1. The molecule has 0 heterocycles. The van der Waals surface area contributed by atoms with Gasteiger partial charge in [0.1, 0.15) is 24.7 Å². The van der Waals surface area contributed by atoms with E-state index in [4.69, 9.17) is 61.0 Å². The Kier molecular flexibility index (Phi) is 13.4. The maximum absolute atomic E-state index is 11.3. The lowest BCUT2D eigenvalue weighted by Gasteiger charge is -2.10. The molecule has 0 aliphatic heterocycles. The summed E-state index contributed by atoms with van der Waals surface area (Å²) in [6.45, 7) is 0.810. The molecule has 0 amide bonds. The first-order chi connectivity index (χ1) is 19.1. The summed E-state index contributed by atoms with van der Waals surface area (Å²) < 4.78 is 17.8. The van der Waals surface area contributed by atoms with Gasteiger partial charge in [0.15, 0.2) is 0 Å². The minimum absolute atomic E-state index is 0.0440. The van der Waals surface area contributed by atoms with E-state index in [-0.39, 0.29) is 12.6 Å². The molecule has 0 aliphatic rings. The molecule has 0 aromatic heterocycles. The van der Waals surface area contributed by atoms with E-state index in [0.29, 0.717) is 50.4 Å². The molecule has 1 N–H and O–H groups in total. The van der Waals surface area contributed by atoms with Gasteiger partial charge in [-0.25, -0.2) is 4.79 Å². The highest BCUT2D eigenvalue weighted by atomic mass is 127.